The maximum atomic E-state index is 11.9. The van der Waals surface area contributed by atoms with E-state index in [0.29, 0.717) is 11.3 Å². The number of methoxy groups -OCH3 is 1. The standard InChI is InChI=1S/C16H13BrO3/c1-20-16-9-3-11(10-15(16)19)2-8-14(18)12-4-6-13(17)7-5-12/h2-10,19H,1H3/b8-2+. The minimum Gasteiger partial charge on any atom is -0.504 e. The summed E-state index contributed by atoms with van der Waals surface area (Å²) in [5.74, 6) is 0.361. The van der Waals surface area contributed by atoms with Gasteiger partial charge < -0.3 is 9.84 Å². The van der Waals surface area contributed by atoms with Gasteiger partial charge in [0.1, 0.15) is 0 Å². The molecule has 2 aromatic carbocycles. The van der Waals surface area contributed by atoms with Gasteiger partial charge in [-0.05, 0) is 48.0 Å². The highest BCUT2D eigenvalue weighted by atomic mass is 79.9. The van der Waals surface area contributed by atoms with E-state index in [2.05, 4.69) is 15.9 Å². The minimum absolute atomic E-state index is 0.0470. The van der Waals surface area contributed by atoms with Crippen LogP contribution in [0.3, 0.4) is 0 Å². The van der Waals surface area contributed by atoms with Crippen molar-refractivity contribution < 1.29 is 14.6 Å². The van der Waals surface area contributed by atoms with Crippen LogP contribution in [0.5, 0.6) is 11.5 Å². The van der Waals surface area contributed by atoms with Crippen molar-refractivity contribution in [1.29, 1.82) is 0 Å². The average molecular weight is 333 g/mol. The first kappa shape index (κ1) is 14.3. The lowest BCUT2D eigenvalue weighted by Crippen LogP contribution is -1.93. The van der Waals surface area contributed by atoms with Gasteiger partial charge in [0.2, 0.25) is 0 Å². The van der Waals surface area contributed by atoms with Crippen molar-refractivity contribution in [2.75, 3.05) is 7.11 Å². The molecule has 0 radical (unpaired) electrons. The van der Waals surface area contributed by atoms with Crippen LogP contribution in [0.2, 0.25) is 0 Å². The summed E-state index contributed by atoms with van der Waals surface area (Å²) in [6, 6.07) is 12.1. The molecule has 0 saturated heterocycles. The molecule has 2 aromatic rings. The number of hydrogen-bond donors (Lipinski definition) is 1. The second-order valence-corrected chi connectivity index (χ2v) is 5.05. The Balaban J connectivity index is 2.14. The number of ketones is 1. The third-order valence-electron chi connectivity index (χ3n) is 2.76. The second-order valence-electron chi connectivity index (χ2n) is 4.14. The summed E-state index contributed by atoms with van der Waals surface area (Å²) < 4.78 is 5.89. The number of aromatic hydroxyl groups is 1. The van der Waals surface area contributed by atoms with Crippen LogP contribution in [0.25, 0.3) is 6.08 Å². The smallest absolute Gasteiger partial charge is 0.185 e. The molecule has 0 aliphatic heterocycles. The first-order valence-corrected chi connectivity index (χ1v) is 6.74. The van der Waals surface area contributed by atoms with Crippen molar-refractivity contribution in [3.63, 3.8) is 0 Å². The molecule has 4 heteroatoms. The molecule has 0 aromatic heterocycles. The molecular weight excluding hydrogens is 320 g/mol. The zero-order valence-corrected chi connectivity index (χ0v) is 12.4. The predicted molar refractivity (Wildman–Crippen MR) is 82.2 cm³/mol. The summed E-state index contributed by atoms with van der Waals surface area (Å²) in [6.45, 7) is 0. The number of allylic oxidation sites excluding steroid dienone is 1. The van der Waals surface area contributed by atoms with Crippen molar-refractivity contribution in [2.45, 2.75) is 0 Å². The van der Waals surface area contributed by atoms with Crippen LogP contribution in [0.4, 0.5) is 0 Å². The van der Waals surface area contributed by atoms with Crippen LogP contribution in [-0.4, -0.2) is 18.0 Å². The van der Waals surface area contributed by atoms with Crippen LogP contribution < -0.4 is 4.74 Å². The normalized spacial score (nSPS) is 10.7. The Bertz CT molecular complexity index is 645. The summed E-state index contributed by atoms with van der Waals surface area (Å²) in [7, 11) is 1.49. The van der Waals surface area contributed by atoms with Gasteiger partial charge in [-0.15, -0.1) is 0 Å². The van der Waals surface area contributed by atoms with Crippen molar-refractivity contribution in [1.82, 2.24) is 0 Å². The number of carbonyl (C=O) groups excluding carboxylic acids is 1. The molecular formula is C16H13BrO3. The summed E-state index contributed by atoms with van der Waals surface area (Å²) in [5, 5.41) is 9.66. The molecule has 1 N–H and O–H groups in total. The monoisotopic (exact) mass is 332 g/mol. The van der Waals surface area contributed by atoms with Gasteiger partial charge in [-0.1, -0.05) is 28.1 Å². The Labute approximate surface area is 125 Å². The number of rotatable bonds is 4. The van der Waals surface area contributed by atoms with Gasteiger partial charge in [-0.2, -0.15) is 0 Å². The topological polar surface area (TPSA) is 46.5 Å². The molecule has 0 saturated carbocycles. The van der Waals surface area contributed by atoms with Crippen molar-refractivity contribution in [3.8, 4) is 11.5 Å². The van der Waals surface area contributed by atoms with Crippen LogP contribution in [0.15, 0.2) is 53.0 Å². The van der Waals surface area contributed by atoms with Crippen LogP contribution >= 0.6 is 15.9 Å². The zero-order chi connectivity index (χ0) is 14.5. The van der Waals surface area contributed by atoms with Crippen LogP contribution in [0.1, 0.15) is 15.9 Å². The first-order chi connectivity index (χ1) is 9.60. The van der Waals surface area contributed by atoms with Gasteiger partial charge in [0, 0.05) is 10.0 Å². The molecule has 0 spiro atoms. The predicted octanol–water partition coefficient (Wildman–Crippen LogP) is 4.06. The van der Waals surface area contributed by atoms with Gasteiger partial charge in [0.05, 0.1) is 7.11 Å². The van der Waals surface area contributed by atoms with Crippen LogP contribution in [0, 0.1) is 0 Å². The fourth-order valence-electron chi connectivity index (χ4n) is 1.69. The Morgan fingerprint density at radius 1 is 1.20 bits per heavy atom. The van der Waals surface area contributed by atoms with Gasteiger partial charge in [-0.3, -0.25) is 4.79 Å². The zero-order valence-electron chi connectivity index (χ0n) is 10.8. The molecule has 0 fully saturated rings. The Morgan fingerprint density at radius 3 is 2.50 bits per heavy atom. The Morgan fingerprint density at radius 2 is 1.90 bits per heavy atom. The third-order valence-corrected chi connectivity index (χ3v) is 3.29. The largest absolute Gasteiger partial charge is 0.504 e. The first-order valence-electron chi connectivity index (χ1n) is 5.95. The fraction of sp³-hybridized carbons (Fsp3) is 0.0625. The molecule has 0 aliphatic carbocycles. The van der Waals surface area contributed by atoms with Crippen LogP contribution in [-0.2, 0) is 0 Å². The summed E-state index contributed by atoms with van der Waals surface area (Å²) in [5.41, 5.74) is 1.34. The van der Waals surface area contributed by atoms with Crippen molar-refractivity contribution >= 4 is 27.8 Å². The maximum absolute atomic E-state index is 11.9. The van der Waals surface area contributed by atoms with E-state index >= 15 is 0 Å². The molecule has 102 valence electrons. The number of halogens is 1. The van der Waals surface area contributed by atoms with E-state index in [1.54, 1.807) is 36.4 Å². The fourth-order valence-corrected chi connectivity index (χ4v) is 1.96. The molecule has 0 bridgehead atoms. The molecule has 3 nitrogen and oxygen atoms in total. The van der Waals surface area contributed by atoms with Crippen molar-refractivity contribution in [2.24, 2.45) is 0 Å². The quantitative estimate of drug-likeness (QED) is 0.678. The lowest BCUT2D eigenvalue weighted by atomic mass is 10.1. The van der Waals surface area contributed by atoms with E-state index in [0.717, 1.165) is 10.0 Å². The molecule has 0 amide bonds. The summed E-state index contributed by atoms with van der Waals surface area (Å²) >= 11 is 3.32. The second kappa shape index (κ2) is 6.39. The summed E-state index contributed by atoms with van der Waals surface area (Å²) in [6.07, 6.45) is 3.13. The Kier molecular flexibility index (Phi) is 4.58. The van der Waals surface area contributed by atoms with E-state index in [9.17, 15) is 9.90 Å². The molecule has 0 atom stereocenters. The lowest BCUT2D eigenvalue weighted by Gasteiger charge is -2.03. The highest BCUT2D eigenvalue weighted by molar-refractivity contribution is 9.10. The third kappa shape index (κ3) is 3.48. The van der Waals surface area contributed by atoms with Gasteiger partial charge in [-0.25, -0.2) is 0 Å². The van der Waals surface area contributed by atoms with E-state index in [1.165, 1.54) is 13.2 Å². The molecule has 0 aliphatic rings. The van der Waals surface area contributed by atoms with Gasteiger partial charge >= 0.3 is 0 Å². The maximum Gasteiger partial charge on any atom is 0.185 e. The number of phenols is 1. The van der Waals surface area contributed by atoms with E-state index < -0.39 is 0 Å². The minimum atomic E-state index is -0.0900. The van der Waals surface area contributed by atoms with Crippen molar-refractivity contribution in [3.05, 3.63) is 64.1 Å². The van der Waals surface area contributed by atoms with Gasteiger partial charge in [0.25, 0.3) is 0 Å². The number of phenolic OH excluding ortho intramolecular Hbond substituents is 1. The molecule has 0 heterocycles. The Hall–Kier alpha value is -2.07. The highest BCUT2D eigenvalue weighted by Crippen LogP contribution is 2.26. The van der Waals surface area contributed by atoms with E-state index in [1.807, 2.05) is 12.1 Å². The summed E-state index contributed by atoms with van der Waals surface area (Å²) in [4.78, 5) is 11.9. The number of hydrogen-bond acceptors (Lipinski definition) is 3. The number of benzene rings is 2. The molecule has 0 unspecified atom stereocenters. The lowest BCUT2D eigenvalue weighted by molar-refractivity contribution is 0.104. The number of ether oxygens (including phenoxy) is 1. The average Bonchev–Trinajstić information content (AvgIpc) is 2.45. The van der Waals surface area contributed by atoms with E-state index in [-0.39, 0.29) is 11.5 Å². The molecule has 2 rings (SSSR count). The van der Waals surface area contributed by atoms with Gasteiger partial charge in [0.15, 0.2) is 17.3 Å². The molecule has 20 heavy (non-hydrogen) atoms. The SMILES string of the molecule is COc1ccc(/C=C/C(=O)c2ccc(Br)cc2)cc1O. The number of carbonyl (C=O) groups is 1. The van der Waals surface area contributed by atoms with E-state index in [4.69, 9.17) is 4.74 Å². The highest BCUT2D eigenvalue weighted by Gasteiger charge is 2.03.